The Morgan fingerprint density at radius 3 is 2.68 bits per heavy atom. The highest BCUT2D eigenvalue weighted by molar-refractivity contribution is 7.80. The van der Waals surface area contributed by atoms with Crippen LogP contribution in [0.2, 0.25) is 0 Å². The van der Waals surface area contributed by atoms with E-state index in [0.29, 0.717) is 24.2 Å². The van der Waals surface area contributed by atoms with Gasteiger partial charge in [-0.3, -0.25) is 4.79 Å². The van der Waals surface area contributed by atoms with Gasteiger partial charge in [0.05, 0.1) is 5.71 Å². The van der Waals surface area contributed by atoms with Crippen molar-refractivity contribution in [3.8, 4) is 12.3 Å². The number of rotatable bonds is 6. The van der Waals surface area contributed by atoms with Gasteiger partial charge >= 0.3 is 5.97 Å². The number of terminal acetylenes is 1. The van der Waals surface area contributed by atoms with Crippen molar-refractivity contribution in [1.82, 2.24) is 5.32 Å². The number of carboxylic acid groups (broad SMARTS) is 1. The van der Waals surface area contributed by atoms with E-state index in [9.17, 15) is 14.7 Å². The molecule has 0 aromatic carbocycles. The maximum absolute atomic E-state index is 11.9. The second-order valence-corrected chi connectivity index (χ2v) is 11.4. The largest absolute Gasteiger partial charge is 0.480 e. The lowest BCUT2D eigenvalue weighted by molar-refractivity contribution is -0.141. The zero-order valence-electron chi connectivity index (χ0n) is 20.0. The molecule has 0 heterocycles. The summed E-state index contributed by atoms with van der Waals surface area (Å²) in [5, 5.41) is 26.7. The Morgan fingerprint density at radius 1 is 1.26 bits per heavy atom. The van der Waals surface area contributed by atoms with Gasteiger partial charge in [0, 0.05) is 11.2 Å². The Hall–Kier alpha value is -1.98. The highest BCUT2D eigenvalue weighted by Gasteiger charge is 2.63. The summed E-state index contributed by atoms with van der Waals surface area (Å²) in [6, 6.07) is -1.05. The van der Waals surface area contributed by atoms with Crippen molar-refractivity contribution in [2.45, 2.75) is 76.9 Å². The van der Waals surface area contributed by atoms with E-state index in [1.165, 1.54) is 5.57 Å². The highest BCUT2D eigenvalue weighted by Crippen LogP contribution is 2.67. The second kappa shape index (κ2) is 9.23. The normalized spacial score (nSPS) is 40.7. The number of aliphatic hydroxyl groups is 1. The van der Waals surface area contributed by atoms with Crippen molar-refractivity contribution in [1.29, 1.82) is 0 Å². The van der Waals surface area contributed by atoms with Gasteiger partial charge in [0.2, 0.25) is 0 Å². The SMILES string of the molecule is C#C[C@@]1(O)CC[C@H]2[C@@H]3CCC4=C/C(=N/OCC(=O)N[C@H](CS)C(=O)O)CC[C@]4(C)[C@H]3CC[C@@]21C. The van der Waals surface area contributed by atoms with Gasteiger partial charge in [-0.2, -0.15) is 12.6 Å². The number of carbonyl (C=O) groups is 2. The van der Waals surface area contributed by atoms with Gasteiger partial charge in [0.15, 0.2) is 6.61 Å². The van der Waals surface area contributed by atoms with Gasteiger partial charge in [-0.15, -0.1) is 6.42 Å². The molecule has 4 rings (SSSR count). The molecule has 0 bridgehead atoms. The van der Waals surface area contributed by atoms with Gasteiger partial charge in [-0.05, 0) is 80.6 Å². The summed E-state index contributed by atoms with van der Waals surface area (Å²) in [5.74, 6) is 2.71. The maximum Gasteiger partial charge on any atom is 0.327 e. The fraction of sp³-hybridized carbons (Fsp3) is 0.731. The first-order valence-corrected chi connectivity index (χ1v) is 12.9. The minimum absolute atomic E-state index is 0.00443. The molecule has 186 valence electrons. The average Bonchev–Trinajstić information content (AvgIpc) is 3.08. The van der Waals surface area contributed by atoms with E-state index in [0.717, 1.165) is 50.7 Å². The Labute approximate surface area is 207 Å². The maximum atomic E-state index is 11.9. The van der Waals surface area contributed by atoms with Crippen LogP contribution in [0, 0.1) is 40.9 Å². The molecular weight excluding hydrogens is 452 g/mol. The van der Waals surface area contributed by atoms with Crippen molar-refractivity contribution in [3.63, 3.8) is 0 Å². The first-order chi connectivity index (χ1) is 16.1. The lowest BCUT2D eigenvalue weighted by Gasteiger charge is -2.58. The van der Waals surface area contributed by atoms with E-state index in [1.54, 1.807) is 0 Å². The molecule has 0 unspecified atom stereocenters. The molecule has 7 atom stereocenters. The highest BCUT2D eigenvalue weighted by atomic mass is 32.1. The van der Waals surface area contributed by atoms with Crippen LogP contribution in [0.3, 0.4) is 0 Å². The topological polar surface area (TPSA) is 108 Å². The molecule has 3 saturated carbocycles. The number of carboxylic acids is 1. The van der Waals surface area contributed by atoms with Gasteiger partial charge in [0.1, 0.15) is 11.6 Å². The van der Waals surface area contributed by atoms with Crippen LogP contribution in [-0.2, 0) is 14.4 Å². The number of amides is 1. The van der Waals surface area contributed by atoms with Crippen LogP contribution in [0.15, 0.2) is 16.8 Å². The van der Waals surface area contributed by atoms with Crippen molar-refractivity contribution in [2.24, 2.45) is 33.7 Å². The molecule has 0 aliphatic heterocycles. The molecule has 3 N–H and O–H groups in total. The van der Waals surface area contributed by atoms with E-state index in [1.807, 2.05) is 0 Å². The number of fused-ring (bicyclic) bond motifs is 5. The fourth-order valence-corrected chi connectivity index (χ4v) is 7.74. The van der Waals surface area contributed by atoms with Crippen molar-refractivity contribution < 1.29 is 24.6 Å². The lowest BCUT2D eigenvalue weighted by atomic mass is 9.46. The molecule has 0 aromatic rings. The Morgan fingerprint density at radius 2 is 2.00 bits per heavy atom. The third-order valence-electron chi connectivity index (χ3n) is 9.56. The number of nitrogens with zero attached hydrogens (tertiary/aromatic N) is 1. The summed E-state index contributed by atoms with van der Waals surface area (Å²) in [5.41, 5.74) is 1.17. The molecule has 4 aliphatic carbocycles. The standard InChI is InChI=1S/C26H36N2O5S/c1-4-26(32)12-9-20-18-6-5-16-13-17(28-33-14-22(29)27-21(15-34)23(30)31)7-10-24(16,2)19(18)8-11-25(20,26)3/h1,13,18-21,32,34H,5-12,14-15H2,2-3H3,(H,27,29)(H,30,31)/b28-17+/t18-,19+,20+,21-,24+,25+,26-/m1/s1. The molecule has 0 radical (unpaired) electrons. The molecule has 0 saturated heterocycles. The molecule has 8 heteroatoms. The predicted molar refractivity (Wildman–Crippen MR) is 132 cm³/mol. The van der Waals surface area contributed by atoms with Crippen molar-refractivity contribution in [3.05, 3.63) is 11.6 Å². The predicted octanol–water partition coefficient (Wildman–Crippen LogP) is 3.19. The Kier molecular flexibility index (Phi) is 6.82. The molecule has 3 fully saturated rings. The smallest absolute Gasteiger partial charge is 0.327 e. The molecule has 0 spiro atoms. The van der Waals surface area contributed by atoms with Crippen LogP contribution >= 0.6 is 12.6 Å². The fourth-order valence-electron chi connectivity index (χ4n) is 7.49. The number of nitrogens with one attached hydrogen (secondary N) is 1. The number of hydrogen-bond donors (Lipinski definition) is 4. The van der Waals surface area contributed by atoms with Gasteiger partial charge < -0.3 is 20.4 Å². The Balaban J connectivity index is 1.42. The molecule has 7 nitrogen and oxygen atoms in total. The number of carbonyl (C=O) groups excluding carboxylic acids is 1. The molecule has 0 aromatic heterocycles. The zero-order valence-corrected chi connectivity index (χ0v) is 20.9. The molecule has 4 aliphatic rings. The van der Waals surface area contributed by atoms with Crippen LogP contribution in [0.5, 0.6) is 0 Å². The van der Waals surface area contributed by atoms with Crippen molar-refractivity contribution >= 4 is 30.2 Å². The van der Waals surface area contributed by atoms with Gasteiger partial charge in [-0.25, -0.2) is 4.79 Å². The van der Waals surface area contributed by atoms with E-state index < -0.39 is 23.5 Å². The van der Waals surface area contributed by atoms with Gasteiger partial charge in [0.25, 0.3) is 5.91 Å². The quantitative estimate of drug-likeness (QED) is 0.261. The minimum Gasteiger partial charge on any atom is -0.480 e. The summed E-state index contributed by atoms with van der Waals surface area (Å²) < 4.78 is 0. The number of thiol groups is 1. The summed E-state index contributed by atoms with van der Waals surface area (Å²) in [6.07, 6.45) is 15.5. The third-order valence-corrected chi connectivity index (χ3v) is 9.93. The van der Waals surface area contributed by atoms with Gasteiger partial charge in [-0.1, -0.05) is 30.5 Å². The van der Waals surface area contributed by atoms with E-state index in [4.69, 9.17) is 16.4 Å². The second-order valence-electron chi connectivity index (χ2n) is 11.0. The van der Waals surface area contributed by atoms with Crippen LogP contribution < -0.4 is 5.32 Å². The lowest BCUT2D eigenvalue weighted by Crippen LogP contribution is -2.54. The molecule has 34 heavy (non-hydrogen) atoms. The third kappa shape index (κ3) is 4.05. The number of allylic oxidation sites excluding steroid dienone is 2. The average molecular weight is 489 g/mol. The molecule has 1 amide bonds. The number of hydrogen-bond acceptors (Lipinski definition) is 6. The first-order valence-electron chi connectivity index (χ1n) is 12.3. The number of oxime groups is 1. The zero-order chi connectivity index (χ0) is 24.7. The van der Waals surface area contributed by atoms with Crippen LogP contribution in [0.1, 0.15) is 65.2 Å². The van der Waals surface area contributed by atoms with E-state index >= 15 is 0 Å². The van der Waals surface area contributed by atoms with Crippen molar-refractivity contribution in [2.75, 3.05) is 12.4 Å². The van der Waals surface area contributed by atoms with Crippen LogP contribution in [0.25, 0.3) is 0 Å². The molecular formula is C26H36N2O5S. The van der Waals surface area contributed by atoms with E-state index in [2.05, 4.69) is 48.9 Å². The summed E-state index contributed by atoms with van der Waals surface area (Å²) in [7, 11) is 0. The summed E-state index contributed by atoms with van der Waals surface area (Å²) in [6.45, 7) is 4.27. The van der Waals surface area contributed by atoms with Crippen LogP contribution in [-0.4, -0.2) is 51.8 Å². The summed E-state index contributed by atoms with van der Waals surface area (Å²) >= 11 is 3.93. The van der Waals surface area contributed by atoms with E-state index in [-0.39, 0.29) is 23.2 Å². The number of aliphatic carboxylic acids is 1. The van der Waals surface area contributed by atoms with Crippen LogP contribution in [0.4, 0.5) is 0 Å². The first kappa shape index (κ1) is 25.1. The monoisotopic (exact) mass is 488 g/mol. The minimum atomic E-state index is -1.13. The summed E-state index contributed by atoms with van der Waals surface area (Å²) in [4.78, 5) is 28.2. The Bertz CT molecular complexity index is 957.